The molecule has 0 saturated heterocycles. The Balaban J connectivity index is 2.70. The second-order valence-electron chi connectivity index (χ2n) is 7.22. The molecule has 0 bridgehead atoms. The number of carbonyl (C=O) groups is 3. The van der Waals surface area contributed by atoms with Crippen LogP contribution < -0.4 is 16.0 Å². The van der Waals surface area contributed by atoms with Gasteiger partial charge in [-0.05, 0) is 38.8 Å². The number of rotatable bonds is 7. The summed E-state index contributed by atoms with van der Waals surface area (Å²) >= 11 is 0. The molecule has 6 nitrogen and oxygen atoms in total. The highest BCUT2D eigenvalue weighted by Gasteiger charge is 2.26. The first kappa shape index (κ1) is 20.7. The SMILES string of the molecule is CCC(C)C(NC(=O)c1ccccc1)C(=O)NCC(=O)NC(C)(C)C. The van der Waals surface area contributed by atoms with E-state index < -0.39 is 6.04 Å². The molecule has 3 amide bonds. The second kappa shape index (κ2) is 9.20. The van der Waals surface area contributed by atoms with Crippen LogP contribution in [0.15, 0.2) is 30.3 Å². The van der Waals surface area contributed by atoms with Crippen molar-refractivity contribution in [2.75, 3.05) is 6.54 Å². The Morgan fingerprint density at radius 3 is 2.20 bits per heavy atom. The predicted octanol–water partition coefficient (Wildman–Crippen LogP) is 1.86. The van der Waals surface area contributed by atoms with E-state index in [0.29, 0.717) is 5.56 Å². The van der Waals surface area contributed by atoms with E-state index in [1.54, 1.807) is 24.3 Å². The van der Waals surface area contributed by atoms with Gasteiger partial charge < -0.3 is 16.0 Å². The third-order valence-electron chi connectivity index (χ3n) is 3.76. The van der Waals surface area contributed by atoms with Gasteiger partial charge in [-0.25, -0.2) is 0 Å². The van der Waals surface area contributed by atoms with Crippen molar-refractivity contribution < 1.29 is 14.4 Å². The molecule has 0 spiro atoms. The number of hydrogen-bond acceptors (Lipinski definition) is 3. The molecular formula is C19H29N3O3. The molecule has 0 aromatic heterocycles. The minimum Gasteiger partial charge on any atom is -0.350 e. The van der Waals surface area contributed by atoms with Crippen LogP contribution in [-0.2, 0) is 9.59 Å². The van der Waals surface area contributed by atoms with Crippen LogP contribution in [0.3, 0.4) is 0 Å². The molecule has 1 rings (SSSR count). The lowest BCUT2D eigenvalue weighted by atomic mass is 9.98. The first-order valence-corrected chi connectivity index (χ1v) is 8.58. The van der Waals surface area contributed by atoms with Gasteiger partial charge in [-0.1, -0.05) is 38.5 Å². The molecule has 0 heterocycles. The molecule has 1 aromatic carbocycles. The lowest BCUT2D eigenvalue weighted by molar-refractivity contribution is -0.128. The standard InChI is InChI=1S/C19H29N3O3/c1-6-13(2)16(21-17(24)14-10-8-7-9-11-14)18(25)20-12-15(23)22-19(3,4)5/h7-11,13,16H,6,12H2,1-5H3,(H,20,25)(H,21,24)(H,22,23). The zero-order valence-electron chi connectivity index (χ0n) is 15.7. The van der Waals surface area contributed by atoms with Crippen molar-refractivity contribution in [3.05, 3.63) is 35.9 Å². The van der Waals surface area contributed by atoms with Crippen LogP contribution in [-0.4, -0.2) is 35.8 Å². The summed E-state index contributed by atoms with van der Waals surface area (Å²) in [7, 11) is 0. The van der Waals surface area contributed by atoms with Gasteiger partial charge in [0.25, 0.3) is 5.91 Å². The van der Waals surface area contributed by atoms with Crippen LogP contribution in [0.1, 0.15) is 51.4 Å². The molecule has 1 aromatic rings. The van der Waals surface area contributed by atoms with Crippen LogP contribution in [0, 0.1) is 5.92 Å². The lowest BCUT2D eigenvalue weighted by Gasteiger charge is -2.24. The number of benzene rings is 1. The Hall–Kier alpha value is -2.37. The Kier molecular flexibility index (Phi) is 7.61. The first-order chi connectivity index (χ1) is 11.6. The smallest absolute Gasteiger partial charge is 0.251 e. The summed E-state index contributed by atoms with van der Waals surface area (Å²) in [4.78, 5) is 36.7. The van der Waals surface area contributed by atoms with Gasteiger partial charge in [0, 0.05) is 11.1 Å². The molecule has 138 valence electrons. The van der Waals surface area contributed by atoms with Crippen molar-refractivity contribution in [1.82, 2.24) is 16.0 Å². The van der Waals surface area contributed by atoms with Crippen LogP contribution in [0.25, 0.3) is 0 Å². The largest absolute Gasteiger partial charge is 0.350 e. The van der Waals surface area contributed by atoms with Gasteiger partial charge in [0.2, 0.25) is 11.8 Å². The third-order valence-corrected chi connectivity index (χ3v) is 3.76. The summed E-state index contributed by atoms with van der Waals surface area (Å²) in [6.07, 6.45) is 0.724. The molecule has 3 N–H and O–H groups in total. The van der Waals surface area contributed by atoms with Crippen molar-refractivity contribution >= 4 is 17.7 Å². The fraction of sp³-hybridized carbons (Fsp3) is 0.526. The molecule has 0 aliphatic heterocycles. The summed E-state index contributed by atoms with van der Waals surface area (Å²) in [5.74, 6) is -0.987. The molecule has 25 heavy (non-hydrogen) atoms. The molecular weight excluding hydrogens is 318 g/mol. The normalized spacial score (nSPS) is 13.5. The molecule has 0 radical (unpaired) electrons. The number of hydrogen-bond donors (Lipinski definition) is 3. The average Bonchev–Trinajstić information content (AvgIpc) is 2.56. The van der Waals surface area contributed by atoms with E-state index in [0.717, 1.165) is 6.42 Å². The van der Waals surface area contributed by atoms with Crippen molar-refractivity contribution in [3.63, 3.8) is 0 Å². The molecule has 2 atom stereocenters. The molecule has 0 aliphatic rings. The van der Waals surface area contributed by atoms with Gasteiger partial charge in [0.05, 0.1) is 6.54 Å². The topological polar surface area (TPSA) is 87.3 Å². The van der Waals surface area contributed by atoms with Crippen molar-refractivity contribution in [3.8, 4) is 0 Å². The summed E-state index contributed by atoms with van der Waals surface area (Å²) < 4.78 is 0. The van der Waals surface area contributed by atoms with E-state index in [-0.39, 0.29) is 35.7 Å². The number of nitrogens with one attached hydrogen (secondary N) is 3. The van der Waals surface area contributed by atoms with E-state index >= 15 is 0 Å². The summed E-state index contributed by atoms with van der Waals surface area (Å²) in [6.45, 7) is 9.33. The summed E-state index contributed by atoms with van der Waals surface area (Å²) in [5, 5.41) is 8.17. The van der Waals surface area contributed by atoms with E-state index in [1.807, 2.05) is 40.7 Å². The fourth-order valence-corrected chi connectivity index (χ4v) is 2.26. The predicted molar refractivity (Wildman–Crippen MR) is 98.1 cm³/mol. The van der Waals surface area contributed by atoms with Gasteiger partial charge in [-0.2, -0.15) is 0 Å². The zero-order chi connectivity index (χ0) is 19.0. The van der Waals surface area contributed by atoms with Gasteiger partial charge in [0.1, 0.15) is 6.04 Å². The summed E-state index contributed by atoms with van der Waals surface area (Å²) in [6, 6.07) is 8.05. The van der Waals surface area contributed by atoms with Crippen LogP contribution in [0.2, 0.25) is 0 Å². The number of amides is 3. The van der Waals surface area contributed by atoms with E-state index in [9.17, 15) is 14.4 Å². The average molecular weight is 347 g/mol. The maximum absolute atomic E-state index is 12.5. The number of carbonyl (C=O) groups excluding carboxylic acids is 3. The van der Waals surface area contributed by atoms with E-state index in [1.165, 1.54) is 0 Å². The highest BCUT2D eigenvalue weighted by atomic mass is 16.2. The van der Waals surface area contributed by atoms with Crippen LogP contribution in [0.4, 0.5) is 0 Å². The molecule has 6 heteroatoms. The third kappa shape index (κ3) is 7.37. The van der Waals surface area contributed by atoms with Crippen molar-refractivity contribution in [2.24, 2.45) is 5.92 Å². The molecule has 0 saturated carbocycles. The second-order valence-corrected chi connectivity index (χ2v) is 7.22. The van der Waals surface area contributed by atoms with E-state index in [2.05, 4.69) is 16.0 Å². The Bertz CT molecular complexity index is 594. The summed E-state index contributed by atoms with van der Waals surface area (Å²) in [5.41, 5.74) is 0.133. The quantitative estimate of drug-likeness (QED) is 0.703. The monoisotopic (exact) mass is 347 g/mol. The van der Waals surface area contributed by atoms with Gasteiger partial charge >= 0.3 is 0 Å². The molecule has 0 aliphatic carbocycles. The Labute approximate surface area is 149 Å². The van der Waals surface area contributed by atoms with Gasteiger partial charge in [0.15, 0.2) is 0 Å². The van der Waals surface area contributed by atoms with Gasteiger partial charge in [-0.3, -0.25) is 14.4 Å². The maximum Gasteiger partial charge on any atom is 0.251 e. The van der Waals surface area contributed by atoms with Crippen LogP contribution in [0.5, 0.6) is 0 Å². The Morgan fingerprint density at radius 2 is 1.68 bits per heavy atom. The van der Waals surface area contributed by atoms with Crippen molar-refractivity contribution in [2.45, 2.75) is 52.6 Å². The van der Waals surface area contributed by atoms with Crippen molar-refractivity contribution in [1.29, 1.82) is 0 Å². The fourth-order valence-electron chi connectivity index (χ4n) is 2.26. The maximum atomic E-state index is 12.5. The van der Waals surface area contributed by atoms with E-state index in [4.69, 9.17) is 0 Å². The zero-order valence-corrected chi connectivity index (χ0v) is 15.7. The minimum absolute atomic E-state index is 0.0571. The minimum atomic E-state index is -0.694. The highest BCUT2D eigenvalue weighted by Crippen LogP contribution is 2.09. The lowest BCUT2D eigenvalue weighted by Crippen LogP contribution is -2.53. The molecule has 0 fully saturated rings. The Morgan fingerprint density at radius 1 is 1.08 bits per heavy atom. The first-order valence-electron chi connectivity index (χ1n) is 8.58. The highest BCUT2D eigenvalue weighted by molar-refractivity contribution is 5.98. The van der Waals surface area contributed by atoms with Gasteiger partial charge in [-0.15, -0.1) is 0 Å². The molecule has 2 unspecified atom stereocenters. The van der Waals surface area contributed by atoms with Crippen LogP contribution >= 0.6 is 0 Å².